The fourth-order valence-corrected chi connectivity index (χ4v) is 2.05. The normalized spacial score (nSPS) is 17.9. The average Bonchev–Trinajstić information content (AvgIpc) is 2.39. The third-order valence-electron chi connectivity index (χ3n) is 2.83. The molecule has 3 nitrogen and oxygen atoms in total. The molecule has 0 radical (unpaired) electrons. The first kappa shape index (κ1) is 9.90. The molecular weight excluding hydrogens is 214 g/mol. The molecule has 0 saturated carbocycles. The van der Waals surface area contributed by atoms with Crippen molar-refractivity contribution in [3.8, 4) is 5.75 Å². The van der Waals surface area contributed by atoms with Gasteiger partial charge >= 0.3 is 6.09 Å². The van der Waals surface area contributed by atoms with E-state index in [0.29, 0.717) is 5.75 Å². The van der Waals surface area contributed by atoms with E-state index in [0.717, 1.165) is 11.1 Å². The quantitative estimate of drug-likeness (QED) is 0.810. The molecule has 84 valence electrons. The zero-order valence-electron chi connectivity index (χ0n) is 9.09. The van der Waals surface area contributed by atoms with E-state index in [2.05, 4.69) is 5.32 Å². The monoisotopic (exact) mass is 225 g/mol. The van der Waals surface area contributed by atoms with E-state index >= 15 is 0 Å². The number of para-hydroxylation sites is 1. The van der Waals surface area contributed by atoms with Crippen LogP contribution in [0.1, 0.15) is 17.2 Å². The molecule has 0 fully saturated rings. The Bertz CT molecular complexity index is 551. The van der Waals surface area contributed by atoms with E-state index in [4.69, 9.17) is 4.74 Å². The molecule has 1 heterocycles. The summed E-state index contributed by atoms with van der Waals surface area (Å²) >= 11 is 0. The second-order valence-corrected chi connectivity index (χ2v) is 3.92. The van der Waals surface area contributed by atoms with Crippen LogP contribution in [0, 0.1) is 0 Å². The Morgan fingerprint density at radius 3 is 2.47 bits per heavy atom. The minimum atomic E-state index is -0.405. The molecule has 0 saturated heterocycles. The first-order valence-corrected chi connectivity index (χ1v) is 5.47. The number of fused-ring (bicyclic) bond motifs is 1. The van der Waals surface area contributed by atoms with Crippen LogP contribution in [0.15, 0.2) is 54.6 Å². The molecule has 2 aromatic carbocycles. The van der Waals surface area contributed by atoms with Crippen LogP contribution in [0.2, 0.25) is 0 Å². The van der Waals surface area contributed by atoms with E-state index in [1.54, 1.807) is 0 Å². The third-order valence-corrected chi connectivity index (χ3v) is 2.83. The van der Waals surface area contributed by atoms with Gasteiger partial charge in [0.05, 0.1) is 6.04 Å². The number of rotatable bonds is 1. The van der Waals surface area contributed by atoms with Crippen molar-refractivity contribution < 1.29 is 9.53 Å². The third kappa shape index (κ3) is 1.76. The molecule has 2 aromatic rings. The number of ether oxygens (including phenoxy) is 1. The van der Waals surface area contributed by atoms with Crippen LogP contribution in [-0.2, 0) is 0 Å². The van der Waals surface area contributed by atoms with Crippen LogP contribution in [0.3, 0.4) is 0 Å². The van der Waals surface area contributed by atoms with Gasteiger partial charge in [-0.3, -0.25) is 0 Å². The standard InChI is InChI=1S/C14H11NO2/c16-14-15-13(10-6-2-1-3-7-10)11-8-4-5-9-12(11)17-14/h1-9,13H,(H,15,16). The lowest BCUT2D eigenvalue weighted by atomic mass is 9.97. The second-order valence-electron chi connectivity index (χ2n) is 3.92. The molecule has 1 aliphatic heterocycles. The van der Waals surface area contributed by atoms with E-state index < -0.39 is 6.09 Å². The predicted octanol–water partition coefficient (Wildman–Crippen LogP) is 2.88. The number of hydrogen-bond acceptors (Lipinski definition) is 2. The predicted molar refractivity (Wildman–Crippen MR) is 63.9 cm³/mol. The summed E-state index contributed by atoms with van der Waals surface area (Å²) in [4.78, 5) is 11.5. The van der Waals surface area contributed by atoms with Crippen LogP contribution in [0.25, 0.3) is 0 Å². The zero-order valence-corrected chi connectivity index (χ0v) is 9.09. The SMILES string of the molecule is O=C1NC(c2ccccc2)c2ccccc2O1. The Morgan fingerprint density at radius 1 is 0.941 bits per heavy atom. The van der Waals surface area contributed by atoms with Crippen molar-refractivity contribution in [1.82, 2.24) is 5.32 Å². The molecule has 0 aliphatic carbocycles. The van der Waals surface area contributed by atoms with Crippen LogP contribution in [0.5, 0.6) is 5.75 Å². The van der Waals surface area contributed by atoms with E-state index in [1.165, 1.54) is 0 Å². The molecule has 0 spiro atoms. The van der Waals surface area contributed by atoms with Crippen LogP contribution in [-0.4, -0.2) is 6.09 Å². The summed E-state index contributed by atoms with van der Waals surface area (Å²) in [7, 11) is 0. The Hall–Kier alpha value is -2.29. The van der Waals surface area contributed by atoms with Crippen LogP contribution < -0.4 is 10.1 Å². The zero-order chi connectivity index (χ0) is 11.7. The molecule has 1 aliphatic rings. The van der Waals surface area contributed by atoms with Crippen molar-refractivity contribution in [2.75, 3.05) is 0 Å². The summed E-state index contributed by atoms with van der Waals surface area (Å²) in [5.74, 6) is 0.630. The van der Waals surface area contributed by atoms with E-state index in [9.17, 15) is 4.79 Å². The molecule has 0 bridgehead atoms. The highest BCUT2D eigenvalue weighted by molar-refractivity contribution is 5.75. The van der Waals surface area contributed by atoms with Gasteiger partial charge in [-0.1, -0.05) is 48.5 Å². The van der Waals surface area contributed by atoms with Gasteiger partial charge in [-0.25, -0.2) is 4.79 Å². The van der Waals surface area contributed by atoms with Gasteiger partial charge in [0, 0.05) is 5.56 Å². The number of hydrogen-bond donors (Lipinski definition) is 1. The molecular formula is C14H11NO2. The van der Waals surface area contributed by atoms with Gasteiger partial charge in [0.25, 0.3) is 0 Å². The van der Waals surface area contributed by atoms with Crippen molar-refractivity contribution in [2.45, 2.75) is 6.04 Å². The van der Waals surface area contributed by atoms with Gasteiger partial charge in [-0.2, -0.15) is 0 Å². The minimum Gasteiger partial charge on any atom is -0.410 e. The topological polar surface area (TPSA) is 38.3 Å². The number of carbonyl (C=O) groups excluding carboxylic acids is 1. The summed E-state index contributed by atoms with van der Waals surface area (Å²) in [6.45, 7) is 0. The van der Waals surface area contributed by atoms with Gasteiger partial charge in [0.15, 0.2) is 0 Å². The fraction of sp³-hybridized carbons (Fsp3) is 0.0714. The second kappa shape index (κ2) is 3.94. The Morgan fingerprint density at radius 2 is 1.65 bits per heavy atom. The fourth-order valence-electron chi connectivity index (χ4n) is 2.05. The molecule has 0 aromatic heterocycles. The number of benzene rings is 2. The minimum absolute atomic E-state index is 0.131. The van der Waals surface area contributed by atoms with Crippen molar-refractivity contribution in [3.05, 3.63) is 65.7 Å². The smallest absolute Gasteiger partial charge is 0.410 e. The molecule has 17 heavy (non-hydrogen) atoms. The Labute approximate surface area is 99.0 Å². The highest BCUT2D eigenvalue weighted by atomic mass is 16.6. The summed E-state index contributed by atoms with van der Waals surface area (Å²) in [6.07, 6.45) is -0.405. The maximum Gasteiger partial charge on any atom is 0.413 e. The van der Waals surface area contributed by atoms with Crippen molar-refractivity contribution in [3.63, 3.8) is 0 Å². The van der Waals surface area contributed by atoms with Gasteiger partial charge < -0.3 is 10.1 Å². The lowest BCUT2D eigenvalue weighted by Crippen LogP contribution is -2.36. The van der Waals surface area contributed by atoms with Crippen LogP contribution >= 0.6 is 0 Å². The molecule has 1 atom stereocenters. The maximum atomic E-state index is 11.5. The summed E-state index contributed by atoms with van der Waals surface area (Å²) in [5.41, 5.74) is 2.04. The Balaban J connectivity index is 2.10. The maximum absolute atomic E-state index is 11.5. The van der Waals surface area contributed by atoms with Crippen molar-refractivity contribution in [1.29, 1.82) is 0 Å². The number of nitrogens with one attached hydrogen (secondary N) is 1. The van der Waals surface area contributed by atoms with Gasteiger partial charge in [0.1, 0.15) is 5.75 Å². The van der Waals surface area contributed by atoms with E-state index in [-0.39, 0.29) is 6.04 Å². The molecule has 3 heteroatoms. The van der Waals surface area contributed by atoms with Crippen molar-refractivity contribution in [2.24, 2.45) is 0 Å². The Kier molecular flexibility index (Phi) is 2.29. The highest BCUT2D eigenvalue weighted by Gasteiger charge is 2.26. The van der Waals surface area contributed by atoms with E-state index in [1.807, 2.05) is 54.6 Å². The molecule has 1 N–H and O–H groups in total. The molecule has 1 unspecified atom stereocenters. The molecule has 3 rings (SSSR count). The van der Waals surface area contributed by atoms with Gasteiger partial charge in [-0.05, 0) is 11.6 Å². The summed E-state index contributed by atoms with van der Waals surface area (Å²) in [5, 5.41) is 2.83. The lowest BCUT2D eigenvalue weighted by Gasteiger charge is -2.26. The first-order valence-electron chi connectivity index (χ1n) is 5.47. The van der Waals surface area contributed by atoms with Gasteiger partial charge in [0.2, 0.25) is 0 Å². The largest absolute Gasteiger partial charge is 0.413 e. The number of carbonyl (C=O) groups is 1. The summed E-state index contributed by atoms with van der Waals surface area (Å²) in [6, 6.07) is 17.3. The summed E-state index contributed by atoms with van der Waals surface area (Å²) < 4.78 is 5.13. The van der Waals surface area contributed by atoms with Crippen LogP contribution in [0.4, 0.5) is 4.79 Å². The molecule has 1 amide bonds. The highest BCUT2D eigenvalue weighted by Crippen LogP contribution is 2.32. The number of amides is 1. The van der Waals surface area contributed by atoms with Gasteiger partial charge in [-0.15, -0.1) is 0 Å². The lowest BCUT2D eigenvalue weighted by molar-refractivity contribution is 0.191. The first-order chi connectivity index (χ1) is 8.34. The van der Waals surface area contributed by atoms with Crippen molar-refractivity contribution >= 4 is 6.09 Å². The average molecular weight is 225 g/mol.